The van der Waals surface area contributed by atoms with Gasteiger partial charge in [-0.1, -0.05) is 0 Å². The van der Waals surface area contributed by atoms with Gasteiger partial charge < -0.3 is 10.7 Å². The zero-order valence-electron chi connectivity index (χ0n) is 6.61. The van der Waals surface area contributed by atoms with Gasteiger partial charge in [0, 0.05) is 6.07 Å². The van der Waals surface area contributed by atoms with Crippen LogP contribution in [-0.4, -0.2) is 19.9 Å². The predicted molar refractivity (Wildman–Crippen MR) is 46.9 cm³/mol. The largest absolute Gasteiger partial charge is 0.369 e. The topological polar surface area (TPSA) is 100 Å². The smallest absolute Gasteiger partial charge is 0.252 e. The van der Waals surface area contributed by atoms with Crippen LogP contribution in [0.4, 0.5) is 5.95 Å². The van der Waals surface area contributed by atoms with E-state index in [0.717, 1.165) is 0 Å². The summed E-state index contributed by atoms with van der Waals surface area (Å²) >= 11 is 0. The minimum Gasteiger partial charge on any atom is -0.369 e. The van der Waals surface area contributed by atoms with Gasteiger partial charge in [-0.3, -0.25) is 9.78 Å². The molecule has 2 aromatic rings. The van der Waals surface area contributed by atoms with Gasteiger partial charge in [-0.15, -0.1) is 0 Å². The van der Waals surface area contributed by atoms with E-state index in [-0.39, 0.29) is 11.5 Å². The Morgan fingerprint density at radius 1 is 1.46 bits per heavy atom. The lowest BCUT2D eigenvalue weighted by atomic mass is 10.3. The predicted octanol–water partition coefficient (Wildman–Crippen LogP) is -0.258. The van der Waals surface area contributed by atoms with Crippen molar-refractivity contribution in [2.75, 3.05) is 5.73 Å². The van der Waals surface area contributed by atoms with E-state index in [1.165, 1.54) is 12.4 Å². The Bertz CT molecular complexity index is 458. The summed E-state index contributed by atoms with van der Waals surface area (Å²) in [6, 6.07) is 1.35. The minimum atomic E-state index is -0.280. The van der Waals surface area contributed by atoms with Crippen molar-refractivity contribution < 1.29 is 0 Å². The van der Waals surface area contributed by atoms with Crippen LogP contribution in [0.2, 0.25) is 0 Å². The van der Waals surface area contributed by atoms with Gasteiger partial charge in [-0.05, 0) is 0 Å². The van der Waals surface area contributed by atoms with E-state index in [1.807, 2.05) is 0 Å². The quantitative estimate of drug-likeness (QED) is 0.558. The van der Waals surface area contributed by atoms with E-state index in [1.54, 1.807) is 6.20 Å². The summed E-state index contributed by atoms with van der Waals surface area (Å²) in [5, 5.41) is 0. The van der Waals surface area contributed by atoms with Gasteiger partial charge in [0.15, 0.2) is 0 Å². The SMILES string of the molecule is Nc1nc(-c2cnc[nH]2)cc(=O)[nH]1. The average molecular weight is 177 g/mol. The van der Waals surface area contributed by atoms with Crippen molar-refractivity contribution in [3.8, 4) is 11.4 Å². The first-order chi connectivity index (χ1) is 6.25. The molecule has 4 N–H and O–H groups in total. The van der Waals surface area contributed by atoms with Crippen LogP contribution in [0, 0.1) is 0 Å². The molecule has 66 valence electrons. The van der Waals surface area contributed by atoms with Crippen molar-refractivity contribution in [1.29, 1.82) is 0 Å². The number of imidazole rings is 1. The molecule has 0 aliphatic carbocycles. The summed E-state index contributed by atoms with van der Waals surface area (Å²) < 4.78 is 0. The zero-order chi connectivity index (χ0) is 9.26. The number of aromatic nitrogens is 4. The third-order valence-electron chi connectivity index (χ3n) is 1.53. The van der Waals surface area contributed by atoms with Crippen LogP contribution >= 0.6 is 0 Å². The second-order valence-electron chi connectivity index (χ2n) is 2.48. The lowest BCUT2D eigenvalue weighted by Gasteiger charge is -1.96. The maximum atomic E-state index is 11.0. The molecule has 0 saturated heterocycles. The first-order valence-electron chi connectivity index (χ1n) is 3.61. The molecule has 0 radical (unpaired) electrons. The van der Waals surface area contributed by atoms with Gasteiger partial charge >= 0.3 is 0 Å². The Hall–Kier alpha value is -2.11. The van der Waals surface area contributed by atoms with E-state index in [4.69, 9.17) is 5.73 Å². The molecule has 0 aromatic carbocycles. The standard InChI is InChI=1S/C7H7N5O/c8-7-11-4(1-6(13)12-7)5-2-9-3-10-5/h1-3H,(H,9,10)(H3,8,11,12,13). The number of hydrogen-bond donors (Lipinski definition) is 3. The second-order valence-corrected chi connectivity index (χ2v) is 2.48. The highest BCUT2D eigenvalue weighted by Gasteiger charge is 2.02. The molecule has 0 saturated carbocycles. The Morgan fingerprint density at radius 3 is 2.92 bits per heavy atom. The number of hydrogen-bond acceptors (Lipinski definition) is 4. The Balaban J connectivity index is 2.59. The fraction of sp³-hybridized carbons (Fsp3) is 0. The fourth-order valence-electron chi connectivity index (χ4n) is 1.01. The monoisotopic (exact) mass is 177 g/mol. The summed E-state index contributed by atoms with van der Waals surface area (Å²) in [5.41, 5.74) is 6.23. The summed E-state index contributed by atoms with van der Waals surface area (Å²) in [7, 11) is 0. The number of nitrogens with zero attached hydrogens (tertiary/aromatic N) is 2. The number of anilines is 1. The van der Waals surface area contributed by atoms with Gasteiger partial charge in [0.25, 0.3) is 5.56 Å². The highest BCUT2D eigenvalue weighted by Crippen LogP contribution is 2.09. The number of aromatic amines is 2. The number of H-pyrrole nitrogens is 2. The van der Waals surface area contributed by atoms with Gasteiger partial charge in [0.05, 0.1) is 23.9 Å². The molecule has 6 heteroatoms. The van der Waals surface area contributed by atoms with Crippen molar-refractivity contribution in [3.05, 3.63) is 28.9 Å². The maximum Gasteiger partial charge on any atom is 0.252 e. The van der Waals surface area contributed by atoms with E-state index in [0.29, 0.717) is 11.4 Å². The van der Waals surface area contributed by atoms with Crippen molar-refractivity contribution >= 4 is 5.95 Å². The summed E-state index contributed by atoms with van der Waals surface area (Å²) in [6.45, 7) is 0. The molecule has 0 bridgehead atoms. The number of nitrogens with one attached hydrogen (secondary N) is 2. The van der Waals surface area contributed by atoms with E-state index in [2.05, 4.69) is 19.9 Å². The molecule has 2 heterocycles. The normalized spacial score (nSPS) is 10.2. The molecule has 13 heavy (non-hydrogen) atoms. The Morgan fingerprint density at radius 2 is 2.31 bits per heavy atom. The molecular formula is C7H7N5O. The third-order valence-corrected chi connectivity index (χ3v) is 1.53. The van der Waals surface area contributed by atoms with Gasteiger partial charge in [-0.25, -0.2) is 9.97 Å². The molecule has 0 fully saturated rings. The molecule has 0 amide bonds. The summed E-state index contributed by atoms with van der Waals surface area (Å²) in [4.78, 5) is 23.9. The third kappa shape index (κ3) is 1.41. The maximum absolute atomic E-state index is 11.0. The molecule has 0 aliphatic heterocycles. The minimum absolute atomic E-state index is 0.0945. The van der Waals surface area contributed by atoms with E-state index < -0.39 is 0 Å². The van der Waals surface area contributed by atoms with Crippen LogP contribution in [0.15, 0.2) is 23.4 Å². The number of nitrogens with two attached hydrogens (primary N) is 1. The summed E-state index contributed by atoms with van der Waals surface area (Å²) in [5.74, 6) is 0.0945. The van der Waals surface area contributed by atoms with Crippen molar-refractivity contribution in [1.82, 2.24) is 19.9 Å². The molecule has 0 spiro atoms. The van der Waals surface area contributed by atoms with Crippen LogP contribution in [-0.2, 0) is 0 Å². The molecule has 2 aromatic heterocycles. The first-order valence-corrected chi connectivity index (χ1v) is 3.61. The number of nitrogen functional groups attached to an aromatic ring is 1. The average Bonchev–Trinajstić information content (AvgIpc) is 2.53. The van der Waals surface area contributed by atoms with Crippen LogP contribution in [0.25, 0.3) is 11.4 Å². The van der Waals surface area contributed by atoms with Crippen LogP contribution in [0.1, 0.15) is 0 Å². The van der Waals surface area contributed by atoms with Gasteiger partial charge in [0.2, 0.25) is 5.95 Å². The highest BCUT2D eigenvalue weighted by molar-refractivity contribution is 5.53. The lowest BCUT2D eigenvalue weighted by Crippen LogP contribution is -2.10. The van der Waals surface area contributed by atoms with E-state index >= 15 is 0 Å². The molecule has 0 aliphatic rings. The van der Waals surface area contributed by atoms with Crippen molar-refractivity contribution in [2.24, 2.45) is 0 Å². The Kier molecular flexibility index (Phi) is 1.59. The Labute approximate surface area is 72.9 Å². The van der Waals surface area contributed by atoms with Crippen LogP contribution in [0.3, 0.4) is 0 Å². The molecular weight excluding hydrogens is 170 g/mol. The van der Waals surface area contributed by atoms with Gasteiger partial charge in [-0.2, -0.15) is 0 Å². The zero-order valence-corrected chi connectivity index (χ0v) is 6.61. The summed E-state index contributed by atoms with van der Waals surface area (Å²) in [6.07, 6.45) is 3.08. The molecule has 0 unspecified atom stereocenters. The van der Waals surface area contributed by atoms with Gasteiger partial charge in [0.1, 0.15) is 0 Å². The van der Waals surface area contributed by atoms with Crippen molar-refractivity contribution in [2.45, 2.75) is 0 Å². The lowest BCUT2D eigenvalue weighted by molar-refractivity contribution is 1.13. The second kappa shape index (κ2) is 2.74. The fourth-order valence-corrected chi connectivity index (χ4v) is 1.01. The number of rotatable bonds is 1. The van der Waals surface area contributed by atoms with Crippen LogP contribution < -0.4 is 11.3 Å². The highest BCUT2D eigenvalue weighted by atomic mass is 16.1. The molecule has 0 atom stereocenters. The first kappa shape index (κ1) is 7.53. The molecule has 6 nitrogen and oxygen atoms in total. The van der Waals surface area contributed by atoms with Crippen molar-refractivity contribution in [3.63, 3.8) is 0 Å². The van der Waals surface area contributed by atoms with E-state index in [9.17, 15) is 4.79 Å². The molecule has 2 rings (SSSR count). The van der Waals surface area contributed by atoms with Crippen LogP contribution in [0.5, 0.6) is 0 Å².